The van der Waals surface area contributed by atoms with Gasteiger partial charge in [-0.3, -0.25) is 14.7 Å². The summed E-state index contributed by atoms with van der Waals surface area (Å²) in [7, 11) is 1.67. The van der Waals surface area contributed by atoms with Crippen molar-refractivity contribution in [2.75, 3.05) is 12.4 Å². The van der Waals surface area contributed by atoms with Gasteiger partial charge in [-0.15, -0.1) is 21.5 Å². The van der Waals surface area contributed by atoms with Crippen LogP contribution in [0.25, 0.3) is 16.9 Å². The van der Waals surface area contributed by atoms with E-state index in [0.29, 0.717) is 10.7 Å². The lowest BCUT2D eigenvalue weighted by atomic mass is 10.0. The van der Waals surface area contributed by atoms with E-state index in [4.69, 9.17) is 4.74 Å². The van der Waals surface area contributed by atoms with Gasteiger partial charge in [0.15, 0.2) is 5.13 Å². The van der Waals surface area contributed by atoms with E-state index in [1.54, 1.807) is 36.5 Å². The van der Waals surface area contributed by atoms with Crippen LogP contribution in [0, 0.1) is 20.8 Å². The molecule has 7 nitrogen and oxygen atoms in total. The first-order chi connectivity index (χ1) is 14.5. The lowest BCUT2D eigenvalue weighted by Crippen LogP contribution is -2.11. The number of thiazole rings is 1. The van der Waals surface area contributed by atoms with Crippen molar-refractivity contribution in [1.29, 1.82) is 0 Å². The number of carbonyl (C=O) groups excluding carboxylic acids is 1. The van der Waals surface area contributed by atoms with Crippen LogP contribution in [0.15, 0.2) is 49.1 Å². The van der Waals surface area contributed by atoms with Gasteiger partial charge in [-0.05, 0) is 68.3 Å². The normalized spacial score (nSPS) is 10.8. The number of methoxy groups -OCH3 is 1. The highest BCUT2D eigenvalue weighted by Gasteiger charge is 2.16. The molecule has 1 N–H and O–H groups in total. The molecule has 4 aromatic rings. The summed E-state index contributed by atoms with van der Waals surface area (Å²) >= 11 is 1.46. The quantitative estimate of drug-likeness (QED) is 0.512. The summed E-state index contributed by atoms with van der Waals surface area (Å²) in [5, 5.41) is 11.1. The lowest BCUT2D eigenvalue weighted by Gasteiger charge is -2.10. The number of carbonyl (C=O) groups is 1. The molecule has 0 unspecified atom stereocenters. The van der Waals surface area contributed by atoms with Gasteiger partial charge in [0, 0.05) is 21.7 Å². The summed E-state index contributed by atoms with van der Waals surface area (Å²) in [4.78, 5) is 18.4. The zero-order valence-electron chi connectivity index (χ0n) is 17.1. The summed E-state index contributed by atoms with van der Waals surface area (Å²) in [6, 6.07) is 11.3. The van der Waals surface area contributed by atoms with Gasteiger partial charge in [0.25, 0.3) is 5.91 Å². The van der Waals surface area contributed by atoms with Gasteiger partial charge in [-0.1, -0.05) is 0 Å². The fourth-order valence-corrected chi connectivity index (χ4v) is 4.08. The Kier molecular flexibility index (Phi) is 5.33. The Morgan fingerprint density at radius 2 is 1.73 bits per heavy atom. The van der Waals surface area contributed by atoms with E-state index in [2.05, 4.69) is 26.6 Å². The van der Waals surface area contributed by atoms with E-state index in [1.807, 2.05) is 39.0 Å². The first kappa shape index (κ1) is 19.8. The molecule has 0 saturated carbocycles. The van der Waals surface area contributed by atoms with E-state index < -0.39 is 0 Å². The van der Waals surface area contributed by atoms with E-state index in [-0.39, 0.29) is 5.91 Å². The van der Waals surface area contributed by atoms with Crippen LogP contribution in [-0.4, -0.2) is 32.8 Å². The Labute approximate surface area is 178 Å². The number of aromatic nitrogens is 4. The van der Waals surface area contributed by atoms with Crippen molar-refractivity contribution in [1.82, 2.24) is 19.7 Å². The second kappa shape index (κ2) is 8.08. The van der Waals surface area contributed by atoms with E-state index in [0.717, 1.165) is 38.7 Å². The predicted molar refractivity (Wildman–Crippen MR) is 118 cm³/mol. The van der Waals surface area contributed by atoms with Gasteiger partial charge in [0.05, 0.1) is 12.8 Å². The molecule has 0 spiro atoms. The topological polar surface area (TPSA) is 81.9 Å². The molecule has 0 aliphatic rings. The number of nitrogens with zero attached hydrogens (tertiary/aromatic N) is 4. The molecule has 4 rings (SSSR count). The van der Waals surface area contributed by atoms with Crippen molar-refractivity contribution in [3.63, 3.8) is 0 Å². The number of amides is 1. The summed E-state index contributed by atoms with van der Waals surface area (Å²) in [6.45, 7) is 6.05. The van der Waals surface area contributed by atoms with E-state index in [9.17, 15) is 4.79 Å². The number of ether oxygens (including phenoxy) is 1. The molecule has 0 saturated heterocycles. The molecule has 0 radical (unpaired) electrons. The fourth-order valence-electron chi connectivity index (χ4n) is 3.25. The van der Waals surface area contributed by atoms with Crippen LogP contribution in [0.3, 0.4) is 0 Å². The van der Waals surface area contributed by atoms with Gasteiger partial charge in [-0.25, -0.2) is 4.98 Å². The largest absolute Gasteiger partial charge is 0.496 e. The average Bonchev–Trinajstić information content (AvgIpc) is 3.39. The molecular formula is C22H21N5O2S. The molecule has 152 valence electrons. The molecular weight excluding hydrogens is 398 g/mol. The second-order valence-corrected chi connectivity index (χ2v) is 8.13. The third-order valence-electron chi connectivity index (χ3n) is 4.86. The van der Waals surface area contributed by atoms with Crippen molar-refractivity contribution >= 4 is 22.4 Å². The van der Waals surface area contributed by atoms with Crippen LogP contribution in [0.4, 0.5) is 5.13 Å². The molecule has 2 aromatic heterocycles. The average molecular weight is 420 g/mol. The fraction of sp³-hybridized carbons (Fsp3) is 0.182. The number of aryl methyl sites for hydroxylation is 3. The maximum atomic E-state index is 12.7. The highest BCUT2D eigenvalue weighted by atomic mass is 32.1. The minimum atomic E-state index is -0.201. The second-order valence-electron chi connectivity index (χ2n) is 6.93. The summed E-state index contributed by atoms with van der Waals surface area (Å²) in [6.07, 6.45) is 3.22. The SMILES string of the molecule is COc1cc(C)c(-c2nc(NC(=O)c3ccc(-n4cnnc4)cc3)sc2C)cc1C. The number of nitrogens with one attached hydrogen (secondary N) is 1. The Morgan fingerprint density at radius 1 is 1.03 bits per heavy atom. The van der Waals surface area contributed by atoms with Gasteiger partial charge >= 0.3 is 0 Å². The number of hydrogen-bond acceptors (Lipinski definition) is 6. The Bertz CT molecular complexity index is 1200. The Hall–Kier alpha value is -3.52. The van der Waals surface area contributed by atoms with Crippen LogP contribution in [0.1, 0.15) is 26.4 Å². The minimum absolute atomic E-state index is 0.201. The summed E-state index contributed by atoms with van der Waals surface area (Å²) in [5.74, 6) is 0.654. The number of benzene rings is 2. The molecule has 0 atom stereocenters. The van der Waals surface area contributed by atoms with Gasteiger partial charge in [0.2, 0.25) is 0 Å². The molecule has 0 aliphatic carbocycles. The van der Waals surface area contributed by atoms with Gasteiger partial charge < -0.3 is 4.74 Å². The number of rotatable bonds is 5. The van der Waals surface area contributed by atoms with Gasteiger partial charge in [-0.2, -0.15) is 0 Å². The highest BCUT2D eigenvalue weighted by Crippen LogP contribution is 2.35. The molecule has 8 heteroatoms. The first-order valence-corrected chi connectivity index (χ1v) is 10.2. The Morgan fingerprint density at radius 3 is 2.40 bits per heavy atom. The third kappa shape index (κ3) is 3.81. The van der Waals surface area contributed by atoms with E-state index >= 15 is 0 Å². The standard InChI is InChI=1S/C22H21N5O2S/c1-13-10-19(29-4)14(2)9-18(13)20-15(3)30-22(25-20)26-21(28)16-5-7-17(8-6-16)27-11-23-24-12-27/h5-12H,1-4H3,(H,25,26,28). The smallest absolute Gasteiger partial charge is 0.257 e. The highest BCUT2D eigenvalue weighted by molar-refractivity contribution is 7.16. The molecule has 2 heterocycles. The van der Waals surface area contributed by atoms with Crippen molar-refractivity contribution in [2.24, 2.45) is 0 Å². The van der Waals surface area contributed by atoms with Crippen LogP contribution in [-0.2, 0) is 0 Å². The van der Waals surface area contributed by atoms with Crippen LogP contribution >= 0.6 is 11.3 Å². The van der Waals surface area contributed by atoms with Crippen LogP contribution < -0.4 is 10.1 Å². The third-order valence-corrected chi connectivity index (χ3v) is 5.75. The molecule has 0 aliphatic heterocycles. The zero-order chi connectivity index (χ0) is 21.3. The molecule has 2 aromatic carbocycles. The zero-order valence-corrected chi connectivity index (χ0v) is 17.9. The molecule has 30 heavy (non-hydrogen) atoms. The van der Waals surface area contributed by atoms with Crippen molar-refractivity contribution in [3.8, 4) is 22.7 Å². The van der Waals surface area contributed by atoms with Gasteiger partial charge in [0.1, 0.15) is 18.4 Å². The minimum Gasteiger partial charge on any atom is -0.496 e. The first-order valence-electron chi connectivity index (χ1n) is 9.35. The van der Waals surface area contributed by atoms with Crippen molar-refractivity contribution < 1.29 is 9.53 Å². The maximum absolute atomic E-state index is 12.7. The lowest BCUT2D eigenvalue weighted by molar-refractivity contribution is 0.102. The molecule has 1 amide bonds. The van der Waals surface area contributed by atoms with Crippen LogP contribution in [0.5, 0.6) is 5.75 Å². The Balaban J connectivity index is 1.55. The van der Waals surface area contributed by atoms with Crippen molar-refractivity contribution in [2.45, 2.75) is 20.8 Å². The summed E-state index contributed by atoms with van der Waals surface area (Å²) in [5.41, 5.74) is 5.48. The molecule has 0 fully saturated rings. The monoisotopic (exact) mass is 419 g/mol. The predicted octanol–water partition coefficient (Wildman–Crippen LogP) is 4.58. The number of hydrogen-bond donors (Lipinski definition) is 1. The van der Waals surface area contributed by atoms with E-state index in [1.165, 1.54) is 11.3 Å². The molecule has 0 bridgehead atoms. The number of anilines is 1. The van der Waals surface area contributed by atoms with Crippen molar-refractivity contribution in [3.05, 3.63) is 70.6 Å². The summed E-state index contributed by atoms with van der Waals surface area (Å²) < 4.78 is 7.18. The maximum Gasteiger partial charge on any atom is 0.257 e. The van der Waals surface area contributed by atoms with Crippen LogP contribution in [0.2, 0.25) is 0 Å².